The molecule has 17 heavy (non-hydrogen) atoms. The fourth-order valence-corrected chi connectivity index (χ4v) is 2.45. The molecule has 0 aromatic heterocycles. The minimum Gasteiger partial charge on any atom is -0.394 e. The van der Waals surface area contributed by atoms with Crippen molar-refractivity contribution in [1.29, 1.82) is 0 Å². The fraction of sp³-hybridized carbons (Fsp3) is 0.571. The zero-order valence-corrected chi connectivity index (χ0v) is 10.3. The van der Waals surface area contributed by atoms with Gasteiger partial charge in [-0.25, -0.2) is 0 Å². The van der Waals surface area contributed by atoms with Gasteiger partial charge in [0.05, 0.1) is 12.7 Å². The average Bonchev–Trinajstić information content (AvgIpc) is 2.28. The minimum absolute atomic E-state index is 0.166. The molecule has 1 aliphatic carbocycles. The summed E-state index contributed by atoms with van der Waals surface area (Å²) >= 11 is 0. The summed E-state index contributed by atoms with van der Waals surface area (Å²) in [5.74, 6) is 0.653. The average molecular weight is 235 g/mol. The summed E-state index contributed by atoms with van der Waals surface area (Å²) in [6.07, 6.45) is 1.62. The Morgan fingerprint density at radius 2 is 2.06 bits per heavy atom. The fourth-order valence-electron chi connectivity index (χ4n) is 2.45. The van der Waals surface area contributed by atoms with Gasteiger partial charge in [-0.2, -0.15) is 0 Å². The highest BCUT2D eigenvalue weighted by atomic mass is 16.3. The molecule has 94 valence electrons. The second kappa shape index (κ2) is 5.63. The third kappa shape index (κ3) is 3.06. The molecule has 1 atom stereocenters. The number of hydrogen-bond donors (Lipinski definition) is 3. The van der Waals surface area contributed by atoms with Gasteiger partial charge in [0.2, 0.25) is 0 Å². The molecule has 1 aliphatic rings. The highest BCUT2D eigenvalue weighted by molar-refractivity contribution is 5.31. The van der Waals surface area contributed by atoms with Crippen LogP contribution in [0.25, 0.3) is 0 Å². The van der Waals surface area contributed by atoms with Gasteiger partial charge >= 0.3 is 0 Å². The molecular weight excluding hydrogens is 214 g/mol. The Balaban J connectivity index is 1.77. The normalized spacial score (nSPS) is 25.4. The molecule has 0 radical (unpaired) electrons. The van der Waals surface area contributed by atoms with E-state index in [0.29, 0.717) is 18.5 Å². The maximum Gasteiger partial charge on any atom is 0.0895 e. The highest BCUT2D eigenvalue weighted by Gasteiger charge is 2.30. The van der Waals surface area contributed by atoms with Crippen molar-refractivity contribution >= 4 is 0 Å². The Bertz CT molecular complexity index is 361. The van der Waals surface area contributed by atoms with Crippen molar-refractivity contribution in [3.8, 4) is 0 Å². The zero-order chi connectivity index (χ0) is 12.3. The van der Waals surface area contributed by atoms with Crippen molar-refractivity contribution in [2.75, 3.05) is 13.2 Å². The van der Waals surface area contributed by atoms with Gasteiger partial charge < -0.3 is 15.5 Å². The van der Waals surface area contributed by atoms with Crippen LogP contribution < -0.4 is 5.32 Å². The van der Waals surface area contributed by atoms with Crippen molar-refractivity contribution < 1.29 is 10.2 Å². The van der Waals surface area contributed by atoms with E-state index in [2.05, 4.69) is 36.5 Å². The predicted octanol–water partition coefficient (Wildman–Crippen LogP) is 1.18. The molecule has 1 aromatic rings. The van der Waals surface area contributed by atoms with Crippen LogP contribution in [0.4, 0.5) is 0 Å². The number of aliphatic hydroxyl groups is 2. The second-order valence-corrected chi connectivity index (χ2v) is 4.97. The summed E-state index contributed by atoms with van der Waals surface area (Å²) in [6.45, 7) is 2.48. The van der Waals surface area contributed by atoms with Crippen LogP contribution in [0.1, 0.15) is 29.9 Å². The summed E-state index contributed by atoms with van der Waals surface area (Å²) < 4.78 is 0. The monoisotopic (exact) mass is 235 g/mol. The summed E-state index contributed by atoms with van der Waals surface area (Å²) in [5.41, 5.74) is 2.82. The van der Waals surface area contributed by atoms with Crippen LogP contribution in [0, 0.1) is 6.92 Å². The van der Waals surface area contributed by atoms with Gasteiger partial charge in [0.1, 0.15) is 0 Å². The first-order valence-corrected chi connectivity index (χ1v) is 6.28. The van der Waals surface area contributed by atoms with E-state index in [9.17, 15) is 5.11 Å². The molecule has 0 amide bonds. The lowest BCUT2D eigenvalue weighted by Crippen LogP contribution is -2.44. The van der Waals surface area contributed by atoms with Crippen molar-refractivity contribution in [2.45, 2.75) is 37.8 Å². The van der Waals surface area contributed by atoms with Crippen molar-refractivity contribution in [3.63, 3.8) is 0 Å². The van der Waals surface area contributed by atoms with Crippen LogP contribution in [-0.4, -0.2) is 35.5 Å². The van der Waals surface area contributed by atoms with Gasteiger partial charge in [-0.05, 0) is 36.8 Å². The summed E-state index contributed by atoms with van der Waals surface area (Å²) in [6, 6.07) is 9.02. The Hall–Kier alpha value is -0.900. The topological polar surface area (TPSA) is 52.5 Å². The summed E-state index contributed by atoms with van der Waals surface area (Å²) in [7, 11) is 0. The van der Waals surface area contributed by atoms with E-state index in [1.807, 2.05) is 0 Å². The smallest absolute Gasteiger partial charge is 0.0895 e. The summed E-state index contributed by atoms with van der Waals surface area (Å²) in [5, 5.41) is 21.2. The quantitative estimate of drug-likeness (QED) is 0.718. The van der Waals surface area contributed by atoms with E-state index >= 15 is 0 Å². The maximum absolute atomic E-state index is 9.24. The molecule has 0 heterocycles. The number of aliphatic hydroxyl groups excluding tert-OH is 2. The SMILES string of the molecule is Cc1ccccc1C1CC(NCC(O)CO)C1. The molecule has 3 heteroatoms. The minimum atomic E-state index is -0.632. The molecule has 0 saturated heterocycles. The van der Waals surface area contributed by atoms with Crippen LogP contribution >= 0.6 is 0 Å². The lowest BCUT2D eigenvalue weighted by molar-refractivity contribution is 0.0872. The Labute approximate surface area is 102 Å². The largest absolute Gasteiger partial charge is 0.394 e. The lowest BCUT2D eigenvalue weighted by Gasteiger charge is -2.37. The standard InChI is InChI=1S/C14H21NO2/c1-10-4-2-3-5-14(10)11-6-12(7-11)15-8-13(17)9-16/h2-5,11-13,15-17H,6-9H2,1H3. The number of benzene rings is 1. The van der Waals surface area contributed by atoms with E-state index in [1.165, 1.54) is 11.1 Å². The van der Waals surface area contributed by atoms with Gasteiger partial charge in [-0.3, -0.25) is 0 Å². The Morgan fingerprint density at radius 3 is 2.71 bits per heavy atom. The van der Waals surface area contributed by atoms with E-state index in [4.69, 9.17) is 5.11 Å². The number of hydrogen-bond acceptors (Lipinski definition) is 3. The first-order chi connectivity index (χ1) is 8.20. The second-order valence-electron chi connectivity index (χ2n) is 4.97. The third-order valence-corrected chi connectivity index (χ3v) is 3.62. The molecule has 0 bridgehead atoms. The first kappa shape index (κ1) is 12.6. The highest BCUT2D eigenvalue weighted by Crippen LogP contribution is 2.38. The number of aryl methyl sites for hydroxylation is 1. The number of rotatable bonds is 5. The molecule has 0 aliphatic heterocycles. The van der Waals surface area contributed by atoms with E-state index in [0.717, 1.165) is 12.8 Å². The van der Waals surface area contributed by atoms with E-state index < -0.39 is 6.10 Å². The van der Waals surface area contributed by atoms with Gasteiger partial charge in [-0.15, -0.1) is 0 Å². The Morgan fingerprint density at radius 1 is 1.35 bits per heavy atom. The third-order valence-electron chi connectivity index (χ3n) is 3.62. The van der Waals surface area contributed by atoms with Crippen molar-refractivity contribution in [1.82, 2.24) is 5.32 Å². The molecule has 1 saturated carbocycles. The maximum atomic E-state index is 9.24. The predicted molar refractivity (Wildman–Crippen MR) is 68.0 cm³/mol. The van der Waals surface area contributed by atoms with Gasteiger partial charge in [-0.1, -0.05) is 24.3 Å². The van der Waals surface area contributed by atoms with Crippen LogP contribution in [0.15, 0.2) is 24.3 Å². The van der Waals surface area contributed by atoms with Crippen LogP contribution in [0.3, 0.4) is 0 Å². The van der Waals surface area contributed by atoms with Crippen molar-refractivity contribution in [2.24, 2.45) is 0 Å². The van der Waals surface area contributed by atoms with Crippen molar-refractivity contribution in [3.05, 3.63) is 35.4 Å². The van der Waals surface area contributed by atoms with E-state index in [1.54, 1.807) is 0 Å². The van der Waals surface area contributed by atoms with Gasteiger partial charge in [0.25, 0.3) is 0 Å². The molecule has 1 fully saturated rings. The Kier molecular flexibility index (Phi) is 4.15. The first-order valence-electron chi connectivity index (χ1n) is 6.28. The molecule has 2 rings (SSSR count). The molecular formula is C14H21NO2. The van der Waals surface area contributed by atoms with E-state index in [-0.39, 0.29) is 6.61 Å². The van der Waals surface area contributed by atoms with Gasteiger partial charge in [0, 0.05) is 12.6 Å². The zero-order valence-electron chi connectivity index (χ0n) is 10.3. The molecule has 1 aromatic carbocycles. The molecule has 0 spiro atoms. The van der Waals surface area contributed by atoms with Crippen LogP contribution in [-0.2, 0) is 0 Å². The van der Waals surface area contributed by atoms with Crippen LogP contribution in [0.2, 0.25) is 0 Å². The summed E-state index contributed by atoms with van der Waals surface area (Å²) in [4.78, 5) is 0. The molecule has 3 nitrogen and oxygen atoms in total. The molecule has 1 unspecified atom stereocenters. The number of nitrogens with one attached hydrogen (secondary N) is 1. The van der Waals surface area contributed by atoms with Gasteiger partial charge in [0.15, 0.2) is 0 Å². The van der Waals surface area contributed by atoms with Crippen LogP contribution in [0.5, 0.6) is 0 Å². The molecule has 3 N–H and O–H groups in total. The lowest BCUT2D eigenvalue weighted by atomic mass is 9.74.